The number of benzene rings is 2. The van der Waals surface area contributed by atoms with Crippen molar-refractivity contribution >= 4 is 17.5 Å². The van der Waals surface area contributed by atoms with Crippen LogP contribution in [0.4, 0.5) is 11.6 Å². The van der Waals surface area contributed by atoms with Crippen LogP contribution in [-0.2, 0) is 6.42 Å². The molecule has 0 radical (unpaired) electrons. The van der Waals surface area contributed by atoms with Crippen molar-refractivity contribution in [3.8, 4) is 5.75 Å². The first-order valence-corrected chi connectivity index (χ1v) is 8.70. The largest absolute Gasteiger partial charge is 0.497 e. The molecule has 0 bridgehead atoms. The summed E-state index contributed by atoms with van der Waals surface area (Å²) >= 11 is 0. The van der Waals surface area contributed by atoms with Crippen molar-refractivity contribution in [2.45, 2.75) is 6.42 Å². The van der Waals surface area contributed by atoms with Crippen molar-refractivity contribution in [1.29, 1.82) is 0 Å². The Labute approximate surface area is 158 Å². The van der Waals surface area contributed by atoms with Crippen LogP contribution in [-0.4, -0.2) is 36.6 Å². The van der Waals surface area contributed by atoms with E-state index in [1.165, 1.54) is 0 Å². The third-order valence-electron chi connectivity index (χ3n) is 4.15. The fourth-order valence-electron chi connectivity index (χ4n) is 2.64. The summed E-state index contributed by atoms with van der Waals surface area (Å²) in [6.45, 7) is 0.514. The molecule has 0 fully saturated rings. The molecule has 6 nitrogen and oxygen atoms in total. The number of amides is 1. The number of rotatable bonds is 7. The Morgan fingerprint density at radius 3 is 2.70 bits per heavy atom. The third kappa shape index (κ3) is 4.82. The van der Waals surface area contributed by atoms with E-state index in [1.807, 2.05) is 66.5 Å². The highest BCUT2D eigenvalue weighted by Gasteiger charge is 2.12. The first kappa shape index (κ1) is 18.4. The summed E-state index contributed by atoms with van der Waals surface area (Å²) in [5, 5.41) is 2.90. The predicted octanol–water partition coefficient (Wildman–Crippen LogP) is 3.23. The van der Waals surface area contributed by atoms with E-state index in [0.29, 0.717) is 24.6 Å². The smallest absolute Gasteiger partial charge is 0.270 e. The second-order valence-electron chi connectivity index (χ2n) is 5.99. The zero-order valence-corrected chi connectivity index (χ0v) is 15.4. The minimum atomic E-state index is -0.219. The van der Waals surface area contributed by atoms with Crippen LogP contribution in [0.2, 0.25) is 0 Å². The van der Waals surface area contributed by atoms with Gasteiger partial charge in [0.25, 0.3) is 5.91 Å². The molecule has 138 valence electrons. The lowest BCUT2D eigenvalue weighted by Crippen LogP contribution is -2.27. The molecule has 3 rings (SSSR count). The van der Waals surface area contributed by atoms with Gasteiger partial charge in [0.2, 0.25) is 5.95 Å². The maximum atomic E-state index is 12.4. The molecule has 0 saturated heterocycles. The quantitative estimate of drug-likeness (QED) is 0.699. The Morgan fingerprint density at radius 1 is 1.11 bits per heavy atom. The van der Waals surface area contributed by atoms with Gasteiger partial charge < -0.3 is 15.0 Å². The Bertz CT molecular complexity index is 899. The van der Waals surface area contributed by atoms with Crippen molar-refractivity contribution in [1.82, 2.24) is 15.3 Å². The van der Waals surface area contributed by atoms with Crippen LogP contribution in [0.3, 0.4) is 0 Å². The standard InChI is InChI=1S/C21H22N4O2/c1-25(17-8-4-3-5-9-17)21-23-14-12-19(24-21)20(26)22-13-11-16-7-6-10-18(15-16)27-2/h3-10,12,14-15H,11,13H2,1-2H3,(H,22,26). The number of methoxy groups -OCH3 is 1. The van der Waals surface area contributed by atoms with Crippen LogP contribution in [0.5, 0.6) is 5.75 Å². The summed E-state index contributed by atoms with van der Waals surface area (Å²) in [7, 11) is 3.51. The van der Waals surface area contributed by atoms with Gasteiger partial charge in [0.05, 0.1) is 7.11 Å². The number of nitrogens with zero attached hydrogens (tertiary/aromatic N) is 3. The van der Waals surface area contributed by atoms with E-state index in [2.05, 4.69) is 15.3 Å². The van der Waals surface area contributed by atoms with Gasteiger partial charge in [0.1, 0.15) is 11.4 Å². The van der Waals surface area contributed by atoms with E-state index in [1.54, 1.807) is 19.4 Å². The molecule has 6 heteroatoms. The molecule has 0 aliphatic carbocycles. The molecule has 0 atom stereocenters. The van der Waals surface area contributed by atoms with E-state index in [-0.39, 0.29) is 5.91 Å². The van der Waals surface area contributed by atoms with E-state index in [0.717, 1.165) is 17.0 Å². The lowest BCUT2D eigenvalue weighted by atomic mass is 10.1. The molecular weight excluding hydrogens is 340 g/mol. The van der Waals surface area contributed by atoms with Crippen molar-refractivity contribution in [2.24, 2.45) is 0 Å². The molecule has 0 aliphatic rings. The summed E-state index contributed by atoms with van der Waals surface area (Å²) in [5.74, 6) is 1.06. The third-order valence-corrected chi connectivity index (χ3v) is 4.15. The summed E-state index contributed by atoms with van der Waals surface area (Å²) in [6.07, 6.45) is 2.31. The van der Waals surface area contributed by atoms with E-state index < -0.39 is 0 Å². The van der Waals surface area contributed by atoms with Gasteiger partial charge >= 0.3 is 0 Å². The topological polar surface area (TPSA) is 67.3 Å². The fraction of sp³-hybridized carbons (Fsp3) is 0.190. The zero-order chi connectivity index (χ0) is 19.1. The number of nitrogens with one attached hydrogen (secondary N) is 1. The second kappa shape index (κ2) is 8.80. The number of hydrogen-bond donors (Lipinski definition) is 1. The van der Waals surface area contributed by atoms with E-state index in [4.69, 9.17) is 4.74 Å². The fourth-order valence-corrected chi connectivity index (χ4v) is 2.64. The molecule has 1 aromatic heterocycles. The van der Waals surface area contributed by atoms with Gasteiger partial charge in [-0.05, 0) is 42.3 Å². The first-order chi connectivity index (χ1) is 13.2. The Hall–Kier alpha value is -3.41. The monoisotopic (exact) mass is 362 g/mol. The van der Waals surface area contributed by atoms with Gasteiger partial charge in [-0.2, -0.15) is 0 Å². The maximum absolute atomic E-state index is 12.4. The summed E-state index contributed by atoms with van der Waals surface area (Å²) in [5.41, 5.74) is 2.39. The highest BCUT2D eigenvalue weighted by molar-refractivity contribution is 5.92. The Morgan fingerprint density at radius 2 is 1.93 bits per heavy atom. The van der Waals surface area contributed by atoms with Crippen LogP contribution < -0.4 is 15.0 Å². The van der Waals surface area contributed by atoms with Crippen molar-refractivity contribution in [3.63, 3.8) is 0 Å². The predicted molar refractivity (Wildman–Crippen MR) is 106 cm³/mol. The van der Waals surface area contributed by atoms with Gasteiger partial charge in [-0.1, -0.05) is 30.3 Å². The number of hydrogen-bond acceptors (Lipinski definition) is 5. The van der Waals surface area contributed by atoms with E-state index in [9.17, 15) is 4.79 Å². The minimum absolute atomic E-state index is 0.219. The molecule has 0 saturated carbocycles. The minimum Gasteiger partial charge on any atom is -0.497 e. The molecule has 1 heterocycles. The van der Waals surface area contributed by atoms with Gasteiger partial charge in [-0.15, -0.1) is 0 Å². The lowest BCUT2D eigenvalue weighted by molar-refractivity contribution is 0.0949. The average molecular weight is 362 g/mol. The first-order valence-electron chi connectivity index (χ1n) is 8.70. The number of carbonyl (C=O) groups excluding carboxylic acids is 1. The van der Waals surface area contributed by atoms with Crippen molar-refractivity contribution in [2.75, 3.05) is 25.6 Å². The molecule has 0 aliphatic heterocycles. The highest BCUT2D eigenvalue weighted by Crippen LogP contribution is 2.19. The Balaban J connectivity index is 1.61. The van der Waals surface area contributed by atoms with Crippen molar-refractivity contribution in [3.05, 3.63) is 78.1 Å². The van der Waals surface area contributed by atoms with Gasteiger partial charge in [-0.3, -0.25) is 4.79 Å². The second-order valence-corrected chi connectivity index (χ2v) is 5.99. The highest BCUT2D eigenvalue weighted by atomic mass is 16.5. The number of aromatic nitrogens is 2. The van der Waals surface area contributed by atoms with E-state index >= 15 is 0 Å². The average Bonchev–Trinajstić information content (AvgIpc) is 2.74. The molecule has 27 heavy (non-hydrogen) atoms. The van der Waals surface area contributed by atoms with Crippen LogP contribution in [0.25, 0.3) is 0 Å². The zero-order valence-electron chi connectivity index (χ0n) is 15.4. The Kier molecular flexibility index (Phi) is 5.99. The number of carbonyl (C=O) groups is 1. The van der Waals surface area contributed by atoms with Gasteiger partial charge in [0, 0.05) is 25.5 Å². The van der Waals surface area contributed by atoms with Gasteiger partial charge in [-0.25, -0.2) is 9.97 Å². The van der Waals surface area contributed by atoms with Crippen LogP contribution in [0, 0.1) is 0 Å². The number of ether oxygens (including phenoxy) is 1. The SMILES string of the molecule is COc1cccc(CCNC(=O)c2ccnc(N(C)c3ccccc3)n2)c1. The van der Waals surface area contributed by atoms with Crippen LogP contribution in [0.1, 0.15) is 16.1 Å². The molecular formula is C21H22N4O2. The lowest BCUT2D eigenvalue weighted by Gasteiger charge is -2.17. The summed E-state index contributed by atoms with van der Waals surface area (Å²) < 4.78 is 5.21. The summed E-state index contributed by atoms with van der Waals surface area (Å²) in [4.78, 5) is 22.9. The molecule has 2 aromatic carbocycles. The van der Waals surface area contributed by atoms with Crippen LogP contribution >= 0.6 is 0 Å². The molecule has 0 spiro atoms. The maximum Gasteiger partial charge on any atom is 0.270 e. The van der Waals surface area contributed by atoms with Crippen molar-refractivity contribution < 1.29 is 9.53 Å². The molecule has 1 N–H and O–H groups in total. The molecule has 0 unspecified atom stereocenters. The molecule has 3 aromatic rings. The normalized spacial score (nSPS) is 10.3. The van der Waals surface area contributed by atoms with Crippen LogP contribution in [0.15, 0.2) is 66.9 Å². The molecule has 1 amide bonds. The number of para-hydroxylation sites is 1. The summed E-state index contributed by atoms with van der Waals surface area (Å²) in [6, 6.07) is 19.2. The van der Waals surface area contributed by atoms with Gasteiger partial charge in [0.15, 0.2) is 0 Å². The number of anilines is 2.